The molecule has 0 aliphatic carbocycles. The molecule has 1 aliphatic rings. The predicted octanol–water partition coefficient (Wildman–Crippen LogP) is 9.17. The van der Waals surface area contributed by atoms with E-state index in [2.05, 4.69) is 36.1 Å². The Hall–Kier alpha value is -1.09. The second-order valence-corrected chi connectivity index (χ2v) is 10.2. The molecule has 1 rings (SSSR count). The average Bonchev–Trinajstić information content (AvgIpc) is 2.86. The van der Waals surface area contributed by atoms with Gasteiger partial charge in [0.05, 0.1) is 13.0 Å². The van der Waals surface area contributed by atoms with Gasteiger partial charge in [-0.1, -0.05) is 108 Å². The maximum absolute atomic E-state index is 11.8. The monoisotopic (exact) mass is 475 g/mol. The average molecular weight is 476 g/mol. The van der Waals surface area contributed by atoms with E-state index in [0.29, 0.717) is 13.0 Å². The van der Waals surface area contributed by atoms with E-state index < -0.39 is 0 Å². The third kappa shape index (κ3) is 21.4. The molecule has 0 radical (unpaired) electrons. The Morgan fingerprint density at radius 1 is 0.676 bits per heavy atom. The number of carbonyl (C=O) groups is 1. The van der Waals surface area contributed by atoms with E-state index >= 15 is 0 Å². The first-order valence-electron chi connectivity index (χ1n) is 15.0. The highest BCUT2D eigenvalue weighted by atomic mass is 16.5. The first-order chi connectivity index (χ1) is 16.8. The fourth-order valence-corrected chi connectivity index (χ4v) is 4.66. The summed E-state index contributed by atoms with van der Waals surface area (Å²) in [4.78, 5) is 14.2. The number of unbranched alkanes of at least 4 members (excludes halogenated alkanes) is 14. The van der Waals surface area contributed by atoms with Gasteiger partial charge in [-0.05, 0) is 64.5 Å². The Morgan fingerprint density at radius 3 is 1.79 bits per heavy atom. The minimum Gasteiger partial charge on any atom is -0.466 e. The van der Waals surface area contributed by atoms with Crippen LogP contribution in [0.25, 0.3) is 0 Å². The first-order valence-corrected chi connectivity index (χ1v) is 15.0. The number of esters is 1. The van der Waals surface area contributed by atoms with Crippen LogP contribution in [-0.4, -0.2) is 37.1 Å². The van der Waals surface area contributed by atoms with Gasteiger partial charge in [0.2, 0.25) is 0 Å². The van der Waals surface area contributed by atoms with E-state index in [1.54, 1.807) is 0 Å². The van der Waals surface area contributed by atoms with Crippen LogP contribution in [-0.2, 0) is 9.53 Å². The third-order valence-corrected chi connectivity index (χ3v) is 6.94. The second kappa shape index (κ2) is 25.0. The fraction of sp³-hybridized carbons (Fsp3) is 0.839. The van der Waals surface area contributed by atoms with Gasteiger partial charge in [0, 0.05) is 6.54 Å². The highest BCUT2D eigenvalue weighted by Gasteiger charge is 2.12. The van der Waals surface area contributed by atoms with Crippen molar-refractivity contribution in [3.63, 3.8) is 0 Å². The molecule has 0 N–H and O–H groups in total. The van der Waals surface area contributed by atoms with Crippen LogP contribution in [0.3, 0.4) is 0 Å². The van der Waals surface area contributed by atoms with Crippen molar-refractivity contribution >= 4 is 5.97 Å². The number of rotatable bonds is 23. The lowest BCUT2D eigenvalue weighted by atomic mass is 10.1. The lowest BCUT2D eigenvalue weighted by molar-refractivity contribution is -0.144. The summed E-state index contributed by atoms with van der Waals surface area (Å²) in [6.07, 6.45) is 36.0. The van der Waals surface area contributed by atoms with Crippen LogP contribution < -0.4 is 0 Å². The maximum Gasteiger partial charge on any atom is 0.307 e. The summed E-state index contributed by atoms with van der Waals surface area (Å²) in [5, 5.41) is 0. The van der Waals surface area contributed by atoms with Crippen LogP contribution in [0.15, 0.2) is 24.3 Å². The molecule has 1 fully saturated rings. The summed E-state index contributed by atoms with van der Waals surface area (Å²) in [5.41, 5.74) is 0. The van der Waals surface area contributed by atoms with Gasteiger partial charge in [0.25, 0.3) is 0 Å². The Labute approximate surface area is 212 Å². The summed E-state index contributed by atoms with van der Waals surface area (Å²) in [6, 6.07) is 0. The number of hydrogen-bond acceptors (Lipinski definition) is 3. The normalized spacial score (nSPS) is 15.0. The molecule has 0 aromatic rings. The minimum atomic E-state index is -0.00749. The van der Waals surface area contributed by atoms with Gasteiger partial charge in [0.1, 0.15) is 0 Å². The molecule has 3 heteroatoms. The Balaban J connectivity index is 1.72. The Morgan fingerprint density at radius 2 is 1.21 bits per heavy atom. The van der Waals surface area contributed by atoms with Crippen LogP contribution in [0.4, 0.5) is 0 Å². The van der Waals surface area contributed by atoms with Gasteiger partial charge in [-0.3, -0.25) is 4.79 Å². The van der Waals surface area contributed by atoms with Gasteiger partial charge in [-0.2, -0.15) is 0 Å². The lowest BCUT2D eigenvalue weighted by Gasteiger charge is -2.25. The van der Waals surface area contributed by atoms with Crippen molar-refractivity contribution in [1.29, 1.82) is 0 Å². The van der Waals surface area contributed by atoms with Crippen molar-refractivity contribution in [2.24, 2.45) is 0 Å². The summed E-state index contributed by atoms with van der Waals surface area (Å²) in [5.74, 6) is -0.00749. The van der Waals surface area contributed by atoms with Gasteiger partial charge < -0.3 is 9.64 Å². The van der Waals surface area contributed by atoms with E-state index in [1.165, 1.54) is 116 Å². The van der Waals surface area contributed by atoms with Crippen molar-refractivity contribution in [2.75, 3.05) is 26.2 Å². The van der Waals surface area contributed by atoms with Crippen molar-refractivity contribution in [1.82, 2.24) is 4.90 Å². The number of allylic oxidation sites excluding steroid dienone is 4. The zero-order chi connectivity index (χ0) is 24.4. The van der Waals surface area contributed by atoms with Gasteiger partial charge >= 0.3 is 5.97 Å². The van der Waals surface area contributed by atoms with E-state index in [9.17, 15) is 4.79 Å². The maximum atomic E-state index is 11.8. The summed E-state index contributed by atoms with van der Waals surface area (Å²) in [6.45, 7) is 6.07. The van der Waals surface area contributed by atoms with E-state index in [1.807, 2.05) is 0 Å². The summed E-state index contributed by atoms with van der Waals surface area (Å²) < 4.78 is 5.40. The minimum absolute atomic E-state index is 0.00749. The molecule has 0 aromatic carbocycles. The van der Waals surface area contributed by atoms with Crippen LogP contribution in [0.1, 0.15) is 142 Å². The zero-order valence-electron chi connectivity index (χ0n) is 22.8. The highest BCUT2D eigenvalue weighted by molar-refractivity contribution is 5.69. The zero-order valence-corrected chi connectivity index (χ0v) is 22.8. The number of nitrogens with zero attached hydrogens (tertiary/aromatic N) is 1. The number of likely N-dealkylation sites (tertiary alicyclic amines) is 1. The van der Waals surface area contributed by atoms with E-state index in [-0.39, 0.29) is 5.97 Å². The third-order valence-electron chi connectivity index (χ3n) is 6.94. The molecule has 1 heterocycles. The molecular formula is C31H57NO2. The fourth-order valence-electron chi connectivity index (χ4n) is 4.66. The van der Waals surface area contributed by atoms with Crippen LogP contribution in [0.5, 0.6) is 0 Å². The SMILES string of the molecule is CCCCCC=CCC=CCCCCCCCCCCCCCOC(=O)CCN1CCCCC1. The van der Waals surface area contributed by atoms with Gasteiger partial charge in [-0.15, -0.1) is 0 Å². The van der Waals surface area contributed by atoms with Crippen molar-refractivity contribution in [2.45, 2.75) is 142 Å². The standard InChI is InChI=1S/C31H57NO2/c1-2-3-4-5-6-7-8-9-10-11-12-13-14-15-16-17-18-19-20-21-25-30-34-31(33)26-29-32-27-23-22-24-28-32/h6-7,9-10H,2-5,8,11-30H2,1H3. The van der Waals surface area contributed by atoms with Crippen LogP contribution in [0.2, 0.25) is 0 Å². The molecule has 0 saturated carbocycles. The molecule has 1 saturated heterocycles. The second-order valence-electron chi connectivity index (χ2n) is 10.2. The van der Waals surface area contributed by atoms with Crippen LogP contribution in [0, 0.1) is 0 Å². The molecule has 0 amide bonds. The molecule has 0 spiro atoms. The molecular weight excluding hydrogens is 418 g/mol. The molecule has 34 heavy (non-hydrogen) atoms. The molecule has 1 aliphatic heterocycles. The largest absolute Gasteiger partial charge is 0.466 e. The van der Waals surface area contributed by atoms with Crippen molar-refractivity contribution in [3.05, 3.63) is 24.3 Å². The smallest absolute Gasteiger partial charge is 0.307 e. The van der Waals surface area contributed by atoms with E-state index in [0.717, 1.165) is 32.5 Å². The summed E-state index contributed by atoms with van der Waals surface area (Å²) >= 11 is 0. The number of piperidine rings is 1. The van der Waals surface area contributed by atoms with Crippen molar-refractivity contribution < 1.29 is 9.53 Å². The Bertz CT molecular complexity index is 494. The lowest BCUT2D eigenvalue weighted by Crippen LogP contribution is -2.31. The Kier molecular flexibility index (Phi) is 22.8. The molecule has 0 aromatic heterocycles. The van der Waals surface area contributed by atoms with Gasteiger partial charge in [-0.25, -0.2) is 0 Å². The molecule has 0 unspecified atom stereocenters. The molecule has 0 bridgehead atoms. The molecule has 198 valence electrons. The van der Waals surface area contributed by atoms with Gasteiger partial charge in [0.15, 0.2) is 0 Å². The number of ether oxygens (including phenoxy) is 1. The van der Waals surface area contributed by atoms with Crippen molar-refractivity contribution in [3.8, 4) is 0 Å². The number of hydrogen-bond donors (Lipinski definition) is 0. The first kappa shape index (κ1) is 30.9. The quantitative estimate of drug-likeness (QED) is 0.0838. The van der Waals surface area contributed by atoms with Crippen LogP contribution >= 0.6 is 0 Å². The highest BCUT2D eigenvalue weighted by Crippen LogP contribution is 2.13. The molecule has 0 atom stereocenters. The summed E-state index contributed by atoms with van der Waals surface area (Å²) in [7, 11) is 0. The topological polar surface area (TPSA) is 29.5 Å². The number of carbonyl (C=O) groups excluding carboxylic acids is 1. The molecule has 3 nitrogen and oxygen atoms in total. The predicted molar refractivity (Wildman–Crippen MR) is 148 cm³/mol. The van der Waals surface area contributed by atoms with E-state index in [4.69, 9.17) is 4.74 Å².